The van der Waals surface area contributed by atoms with Crippen LogP contribution in [0.4, 0.5) is 0 Å². The second kappa shape index (κ2) is 5.08. The SMILES string of the molecule is Cc1ccc(CNC2CC(=O)N(C)C2=O)c(Cl)c1. The molecule has 0 aromatic heterocycles. The maximum absolute atomic E-state index is 11.7. The largest absolute Gasteiger partial charge is 0.301 e. The molecule has 1 atom stereocenters. The summed E-state index contributed by atoms with van der Waals surface area (Å²) in [5.74, 6) is -0.323. The highest BCUT2D eigenvalue weighted by Crippen LogP contribution is 2.18. The molecule has 0 spiro atoms. The van der Waals surface area contributed by atoms with Crippen LogP contribution in [0.1, 0.15) is 17.5 Å². The van der Waals surface area contributed by atoms with Crippen molar-refractivity contribution in [3.8, 4) is 0 Å². The fourth-order valence-corrected chi connectivity index (χ4v) is 2.25. The topological polar surface area (TPSA) is 49.4 Å². The Kier molecular flexibility index (Phi) is 3.68. The number of aryl methyl sites for hydroxylation is 1. The zero-order valence-electron chi connectivity index (χ0n) is 10.4. The minimum absolute atomic E-state index is 0.146. The summed E-state index contributed by atoms with van der Waals surface area (Å²) in [7, 11) is 1.51. The molecule has 0 radical (unpaired) electrons. The maximum Gasteiger partial charge on any atom is 0.246 e. The Morgan fingerprint density at radius 3 is 2.72 bits per heavy atom. The number of carbonyl (C=O) groups excluding carboxylic acids is 2. The van der Waals surface area contributed by atoms with Crippen molar-refractivity contribution >= 4 is 23.4 Å². The van der Waals surface area contributed by atoms with E-state index in [2.05, 4.69) is 5.32 Å². The van der Waals surface area contributed by atoms with Crippen molar-refractivity contribution in [3.05, 3.63) is 34.3 Å². The number of nitrogens with zero attached hydrogens (tertiary/aromatic N) is 1. The van der Waals surface area contributed by atoms with Crippen LogP contribution in [0.5, 0.6) is 0 Å². The average Bonchev–Trinajstić information content (AvgIpc) is 2.56. The van der Waals surface area contributed by atoms with Crippen LogP contribution < -0.4 is 5.32 Å². The number of rotatable bonds is 3. The highest BCUT2D eigenvalue weighted by molar-refractivity contribution is 6.31. The second-order valence-corrected chi connectivity index (χ2v) is 4.93. The highest BCUT2D eigenvalue weighted by atomic mass is 35.5. The lowest BCUT2D eigenvalue weighted by Gasteiger charge is -2.12. The molecule has 5 heteroatoms. The Hall–Kier alpha value is -1.39. The van der Waals surface area contributed by atoms with Crippen LogP contribution in [0.25, 0.3) is 0 Å². The molecule has 96 valence electrons. The lowest BCUT2D eigenvalue weighted by Crippen LogP contribution is -2.36. The molecule has 1 heterocycles. The molecule has 1 saturated heterocycles. The standard InChI is InChI=1S/C13H15ClN2O2/c1-8-3-4-9(10(14)5-8)7-15-11-6-12(17)16(2)13(11)18/h3-5,11,15H,6-7H2,1-2H3. The van der Waals surface area contributed by atoms with Crippen molar-refractivity contribution in [2.45, 2.75) is 25.9 Å². The molecule has 1 aliphatic heterocycles. The first kappa shape index (κ1) is 13.1. The van der Waals surface area contributed by atoms with E-state index < -0.39 is 6.04 Å². The van der Waals surface area contributed by atoms with Crippen LogP contribution >= 0.6 is 11.6 Å². The summed E-state index contributed by atoms with van der Waals surface area (Å²) in [6.07, 6.45) is 0.221. The van der Waals surface area contributed by atoms with Gasteiger partial charge in [-0.05, 0) is 24.1 Å². The predicted octanol–water partition coefficient (Wildman–Crippen LogP) is 1.50. The number of hydrogen-bond acceptors (Lipinski definition) is 3. The quantitative estimate of drug-likeness (QED) is 0.844. The average molecular weight is 267 g/mol. The number of likely N-dealkylation sites (N-methyl/N-ethyl adjacent to an activating group) is 1. The smallest absolute Gasteiger partial charge is 0.246 e. The molecule has 1 fully saturated rings. The van der Waals surface area contributed by atoms with Gasteiger partial charge in [0, 0.05) is 18.6 Å². The molecular weight excluding hydrogens is 252 g/mol. The van der Waals surface area contributed by atoms with E-state index in [1.54, 1.807) is 0 Å². The number of amides is 2. The summed E-state index contributed by atoms with van der Waals surface area (Å²) in [5, 5.41) is 3.75. The lowest BCUT2D eigenvalue weighted by molar-refractivity contribution is -0.137. The van der Waals surface area contributed by atoms with Gasteiger partial charge >= 0.3 is 0 Å². The number of carbonyl (C=O) groups is 2. The first-order valence-electron chi connectivity index (χ1n) is 5.78. The van der Waals surface area contributed by atoms with E-state index in [9.17, 15) is 9.59 Å². The van der Waals surface area contributed by atoms with Gasteiger partial charge in [-0.15, -0.1) is 0 Å². The third kappa shape index (κ3) is 2.54. The molecule has 18 heavy (non-hydrogen) atoms. The maximum atomic E-state index is 11.7. The summed E-state index contributed by atoms with van der Waals surface area (Å²) in [5.41, 5.74) is 2.02. The third-order valence-corrected chi connectivity index (χ3v) is 3.48. The Bertz CT molecular complexity index is 502. The fraction of sp³-hybridized carbons (Fsp3) is 0.385. The van der Waals surface area contributed by atoms with E-state index in [4.69, 9.17) is 11.6 Å². The van der Waals surface area contributed by atoms with Gasteiger partial charge in [-0.25, -0.2) is 0 Å². The zero-order chi connectivity index (χ0) is 13.3. The molecule has 1 aromatic carbocycles. The number of nitrogens with one attached hydrogen (secondary N) is 1. The Labute approximate surface area is 111 Å². The van der Waals surface area contributed by atoms with Gasteiger partial charge < -0.3 is 5.32 Å². The van der Waals surface area contributed by atoms with Gasteiger partial charge in [0.05, 0.1) is 12.5 Å². The van der Waals surface area contributed by atoms with Crippen molar-refractivity contribution in [1.82, 2.24) is 10.2 Å². The molecule has 0 saturated carbocycles. The van der Waals surface area contributed by atoms with Crippen LogP contribution in [-0.2, 0) is 16.1 Å². The number of benzene rings is 1. The molecule has 1 N–H and O–H groups in total. The summed E-state index contributed by atoms with van der Waals surface area (Å²) < 4.78 is 0. The first-order valence-corrected chi connectivity index (χ1v) is 6.15. The molecule has 1 aliphatic rings. The summed E-state index contributed by atoms with van der Waals surface area (Å²) in [4.78, 5) is 24.2. The second-order valence-electron chi connectivity index (χ2n) is 4.52. The van der Waals surface area contributed by atoms with E-state index in [0.717, 1.165) is 16.0 Å². The first-order chi connectivity index (χ1) is 8.49. The Morgan fingerprint density at radius 2 is 2.17 bits per heavy atom. The van der Waals surface area contributed by atoms with Crippen LogP contribution in [0.3, 0.4) is 0 Å². The highest BCUT2D eigenvalue weighted by Gasteiger charge is 2.35. The minimum Gasteiger partial charge on any atom is -0.301 e. The summed E-state index contributed by atoms with van der Waals surface area (Å²) in [6, 6.07) is 5.35. The van der Waals surface area contributed by atoms with Gasteiger partial charge in [0.15, 0.2) is 0 Å². The molecule has 2 rings (SSSR count). The summed E-state index contributed by atoms with van der Waals surface area (Å²) in [6.45, 7) is 2.45. The molecule has 1 unspecified atom stereocenters. The van der Waals surface area contributed by atoms with E-state index in [1.807, 2.05) is 25.1 Å². The predicted molar refractivity (Wildman–Crippen MR) is 69.2 cm³/mol. The van der Waals surface area contributed by atoms with Crippen molar-refractivity contribution < 1.29 is 9.59 Å². The Balaban J connectivity index is 2.00. The molecular formula is C13H15ClN2O2. The number of halogens is 1. The van der Waals surface area contributed by atoms with Crippen molar-refractivity contribution in [1.29, 1.82) is 0 Å². The van der Waals surface area contributed by atoms with Crippen LogP contribution in [0.15, 0.2) is 18.2 Å². The van der Waals surface area contributed by atoms with E-state index in [-0.39, 0.29) is 18.2 Å². The van der Waals surface area contributed by atoms with Crippen LogP contribution in [0.2, 0.25) is 5.02 Å². The van der Waals surface area contributed by atoms with Crippen LogP contribution in [-0.4, -0.2) is 29.8 Å². The van der Waals surface area contributed by atoms with Crippen molar-refractivity contribution in [3.63, 3.8) is 0 Å². The molecule has 2 amide bonds. The van der Waals surface area contributed by atoms with Gasteiger partial charge in [0.25, 0.3) is 0 Å². The van der Waals surface area contributed by atoms with Gasteiger partial charge in [0.2, 0.25) is 11.8 Å². The van der Waals surface area contributed by atoms with Gasteiger partial charge in [-0.2, -0.15) is 0 Å². The number of hydrogen-bond donors (Lipinski definition) is 1. The van der Waals surface area contributed by atoms with Crippen LogP contribution in [0, 0.1) is 6.92 Å². The van der Waals surface area contributed by atoms with Gasteiger partial charge in [-0.3, -0.25) is 14.5 Å². The van der Waals surface area contributed by atoms with Gasteiger partial charge in [0.1, 0.15) is 0 Å². The lowest BCUT2D eigenvalue weighted by atomic mass is 10.1. The van der Waals surface area contributed by atoms with Crippen molar-refractivity contribution in [2.75, 3.05) is 7.05 Å². The molecule has 4 nitrogen and oxygen atoms in total. The van der Waals surface area contributed by atoms with Gasteiger partial charge in [-0.1, -0.05) is 23.7 Å². The minimum atomic E-state index is -0.431. The monoisotopic (exact) mass is 266 g/mol. The Morgan fingerprint density at radius 1 is 1.44 bits per heavy atom. The fourth-order valence-electron chi connectivity index (χ4n) is 1.94. The third-order valence-electron chi connectivity index (χ3n) is 3.13. The van der Waals surface area contributed by atoms with E-state index in [1.165, 1.54) is 7.05 Å². The molecule has 0 bridgehead atoms. The molecule has 1 aromatic rings. The number of imide groups is 1. The summed E-state index contributed by atoms with van der Waals surface area (Å²) >= 11 is 6.11. The van der Waals surface area contributed by atoms with E-state index in [0.29, 0.717) is 11.6 Å². The molecule has 0 aliphatic carbocycles. The normalized spacial score (nSPS) is 19.7. The van der Waals surface area contributed by atoms with Crippen molar-refractivity contribution in [2.24, 2.45) is 0 Å². The zero-order valence-corrected chi connectivity index (χ0v) is 11.1. The number of likely N-dealkylation sites (tertiary alicyclic amines) is 1. The van der Waals surface area contributed by atoms with E-state index >= 15 is 0 Å².